The average molecular weight is 364 g/mol. The molecule has 8 nitrogen and oxygen atoms in total. The number of carbonyl (C=O) groups is 1. The molecule has 1 aliphatic rings. The van der Waals surface area contributed by atoms with Gasteiger partial charge in [0.25, 0.3) is 0 Å². The number of aryl methyl sites for hydroxylation is 1. The third-order valence-electron chi connectivity index (χ3n) is 4.77. The molecule has 0 atom stereocenters. The highest BCUT2D eigenvalue weighted by molar-refractivity contribution is 5.79. The Morgan fingerprint density at radius 3 is 2.52 bits per heavy atom. The summed E-state index contributed by atoms with van der Waals surface area (Å²) >= 11 is 0. The first kappa shape index (κ1) is 17.1. The van der Waals surface area contributed by atoms with Gasteiger partial charge in [-0.2, -0.15) is 5.10 Å². The zero-order valence-electron chi connectivity index (χ0n) is 14.9. The molecular weight excluding hydrogens is 344 g/mol. The van der Waals surface area contributed by atoms with Gasteiger partial charge in [-0.1, -0.05) is 12.1 Å². The van der Waals surface area contributed by atoms with Crippen molar-refractivity contribution in [2.24, 2.45) is 0 Å². The van der Waals surface area contributed by atoms with E-state index in [9.17, 15) is 9.59 Å². The van der Waals surface area contributed by atoms with Crippen molar-refractivity contribution in [3.05, 3.63) is 59.1 Å². The minimum Gasteiger partial charge on any atom is -0.339 e. The normalized spacial score (nSPS) is 14.5. The summed E-state index contributed by atoms with van der Waals surface area (Å²) in [6.45, 7) is 3.18. The Morgan fingerprint density at radius 2 is 1.74 bits per heavy atom. The number of piperazine rings is 1. The molecule has 0 aliphatic carbocycles. The topological polar surface area (TPSA) is 84.2 Å². The van der Waals surface area contributed by atoms with Crippen LogP contribution in [0.3, 0.4) is 0 Å². The first-order valence-corrected chi connectivity index (χ1v) is 8.97. The maximum Gasteiger partial charge on any atom is 0.225 e. The number of hydrogen-bond donors (Lipinski definition) is 0. The van der Waals surface area contributed by atoms with Crippen LogP contribution in [0.25, 0.3) is 10.9 Å². The van der Waals surface area contributed by atoms with Gasteiger partial charge >= 0.3 is 0 Å². The number of anilines is 1. The van der Waals surface area contributed by atoms with Crippen LogP contribution in [0.4, 0.5) is 5.95 Å². The van der Waals surface area contributed by atoms with Gasteiger partial charge in [-0.3, -0.25) is 14.3 Å². The number of rotatable bonds is 4. The van der Waals surface area contributed by atoms with Crippen molar-refractivity contribution in [1.29, 1.82) is 0 Å². The van der Waals surface area contributed by atoms with Crippen molar-refractivity contribution >= 4 is 22.8 Å². The molecule has 3 heterocycles. The Hall–Kier alpha value is -3.29. The van der Waals surface area contributed by atoms with Crippen molar-refractivity contribution in [2.45, 2.75) is 13.0 Å². The molecule has 2 aromatic heterocycles. The van der Waals surface area contributed by atoms with Crippen LogP contribution in [0.5, 0.6) is 0 Å². The van der Waals surface area contributed by atoms with Crippen molar-refractivity contribution < 1.29 is 4.79 Å². The standard InChI is InChI=1S/C19H20N6O2/c26-17-14-22-25(16-5-2-1-4-15(16)17)9-6-18(27)23-10-12-24(13-11-23)19-20-7-3-8-21-19/h1-5,7-8,14H,6,9-13H2. The Labute approximate surface area is 156 Å². The van der Waals surface area contributed by atoms with Crippen LogP contribution in [0, 0.1) is 0 Å². The third kappa shape index (κ3) is 3.64. The van der Waals surface area contributed by atoms with Crippen molar-refractivity contribution in [2.75, 3.05) is 31.1 Å². The first-order chi connectivity index (χ1) is 13.2. The predicted octanol–water partition coefficient (Wildman–Crippen LogP) is 0.925. The summed E-state index contributed by atoms with van der Waals surface area (Å²) in [7, 11) is 0. The van der Waals surface area contributed by atoms with E-state index < -0.39 is 0 Å². The van der Waals surface area contributed by atoms with Gasteiger partial charge in [0.15, 0.2) is 0 Å². The molecule has 0 unspecified atom stereocenters. The molecule has 0 bridgehead atoms. The van der Waals surface area contributed by atoms with Gasteiger partial charge in [0.2, 0.25) is 17.3 Å². The fourth-order valence-electron chi connectivity index (χ4n) is 3.31. The Kier molecular flexibility index (Phi) is 4.78. The highest BCUT2D eigenvalue weighted by Gasteiger charge is 2.22. The molecule has 0 radical (unpaired) electrons. The van der Waals surface area contributed by atoms with E-state index in [1.54, 1.807) is 29.2 Å². The third-order valence-corrected chi connectivity index (χ3v) is 4.77. The van der Waals surface area contributed by atoms with Gasteiger partial charge in [0, 0.05) is 50.4 Å². The summed E-state index contributed by atoms with van der Waals surface area (Å²) in [6, 6.07) is 9.12. The highest BCUT2D eigenvalue weighted by Crippen LogP contribution is 2.12. The largest absolute Gasteiger partial charge is 0.339 e. The van der Waals surface area contributed by atoms with E-state index in [0.717, 1.165) is 18.6 Å². The van der Waals surface area contributed by atoms with Crippen LogP contribution >= 0.6 is 0 Å². The van der Waals surface area contributed by atoms with Crippen molar-refractivity contribution in [3.63, 3.8) is 0 Å². The zero-order chi connectivity index (χ0) is 18.6. The molecule has 3 aromatic rings. The van der Waals surface area contributed by atoms with E-state index in [0.29, 0.717) is 37.4 Å². The zero-order valence-corrected chi connectivity index (χ0v) is 14.9. The van der Waals surface area contributed by atoms with Gasteiger partial charge in [0.05, 0.1) is 18.3 Å². The number of hydrogen-bond acceptors (Lipinski definition) is 6. The molecule has 4 rings (SSSR count). The molecular formula is C19H20N6O2. The molecule has 1 aromatic carbocycles. The average Bonchev–Trinajstić information content (AvgIpc) is 2.74. The highest BCUT2D eigenvalue weighted by atomic mass is 16.2. The smallest absolute Gasteiger partial charge is 0.225 e. The van der Waals surface area contributed by atoms with E-state index >= 15 is 0 Å². The monoisotopic (exact) mass is 364 g/mol. The van der Waals surface area contributed by atoms with Gasteiger partial charge in [-0.05, 0) is 18.2 Å². The molecule has 0 N–H and O–H groups in total. The molecule has 1 fully saturated rings. The molecule has 8 heteroatoms. The molecule has 138 valence electrons. The van der Waals surface area contributed by atoms with Crippen LogP contribution < -0.4 is 10.3 Å². The van der Waals surface area contributed by atoms with E-state index in [2.05, 4.69) is 20.0 Å². The number of benzene rings is 1. The SMILES string of the molecule is O=C(CCn1ncc(=O)c2ccccc21)N1CCN(c2ncccn2)CC1. The summed E-state index contributed by atoms with van der Waals surface area (Å²) in [5, 5.41) is 4.81. The van der Waals surface area contributed by atoms with Crippen molar-refractivity contribution in [3.8, 4) is 0 Å². The van der Waals surface area contributed by atoms with E-state index in [1.165, 1.54) is 6.20 Å². The summed E-state index contributed by atoms with van der Waals surface area (Å²) < 4.78 is 1.72. The Bertz CT molecular complexity index is 996. The van der Waals surface area contributed by atoms with Crippen LogP contribution in [0.2, 0.25) is 0 Å². The molecule has 1 aliphatic heterocycles. The van der Waals surface area contributed by atoms with Crippen molar-refractivity contribution in [1.82, 2.24) is 24.6 Å². The van der Waals surface area contributed by atoms with Crippen LogP contribution in [0.1, 0.15) is 6.42 Å². The number of nitrogens with zero attached hydrogens (tertiary/aromatic N) is 6. The summed E-state index contributed by atoms with van der Waals surface area (Å²) in [4.78, 5) is 37.0. The number of carbonyl (C=O) groups excluding carboxylic acids is 1. The first-order valence-electron chi connectivity index (χ1n) is 8.97. The maximum atomic E-state index is 12.6. The number of fused-ring (bicyclic) bond motifs is 1. The molecule has 0 spiro atoms. The molecule has 1 saturated heterocycles. The van der Waals surface area contributed by atoms with Crippen LogP contribution in [-0.4, -0.2) is 56.7 Å². The molecule has 1 amide bonds. The minimum atomic E-state index is -0.104. The fraction of sp³-hybridized carbons (Fsp3) is 0.316. The second kappa shape index (κ2) is 7.53. The quantitative estimate of drug-likeness (QED) is 0.685. The Morgan fingerprint density at radius 1 is 1.00 bits per heavy atom. The van der Waals surface area contributed by atoms with Gasteiger partial charge in [-0.15, -0.1) is 0 Å². The molecule has 0 saturated carbocycles. The van der Waals surface area contributed by atoms with Gasteiger partial charge in [-0.25, -0.2) is 9.97 Å². The maximum absolute atomic E-state index is 12.6. The second-order valence-electron chi connectivity index (χ2n) is 6.42. The van der Waals surface area contributed by atoms with Gasteiger partial charge in [0.1, 0.15) is 0 Å². The van der Waals surface area contributed by atoms with Crippen LogP contribution in [0.15, 0.2) is 53.7 Å². The van der Waals surface area contributed by atoms with E-state index in [4.69, 9.17) is 0 Å². The summed E-state index contributed by atoms with van der Waals surface area (Å²) in [5.74, 6) is 0.793. The minimum absolute atomic E-state index is 0.0909. The Balaban J connectivity index is 1.37. The van der Waals surface area contributed by atoms with Crippen LogP contribution in [-0.2, 0) is 11.3 Å². The molecule has 27 heavy (non-hydrogen) atoms. The van der Waals surface area contributed by atoms with E-state index in [-0.39, 0.29) is 11.3 Å². The summed E-state index contributed by atoms with van der Waals surface area (Å²) in [5.41, 5.74) is 0.649. The lowest BCUT2D eigenvalue weighted by molar-refractivity contribution is -0.131. The van der Waals surface area contributed by atoms with E-state index in [1.807, 2.05) is 23.1 Å². The predicted molar refractivity (Wildman–Crippen MR) is 101 cm³/mol. The fourth-order valence-corrected chi connectivity index (χ4v) is 3.31. The number of para-hydroxylation sites is 1. The number of aromatic nitrogens is 4. The lowest BCUT2D eigenvalue weighted by Crippen LogP contribution is -2.49. The lowest BCUT2D eigenvalue weighted by atomic mass is 10.2. The summed E-state index contributed by atoms with van der Waals surface area (Å²) in [6.07, 6.45) is 5.11. The van der Waals surface area contributed by atoms with Gasteiger partial charge < -0.3 is 9.80 Å². The lowest BCUT2D eigenvalue weighted by Gasteiger charge is -2.34. The second-order valence-corrected chi connectivity index (χ2v) is 6.42. The number of amides is 1.